The van der Waals surface area contributed by atoms with Gasteiger partial charge in [-0.25, -0.2) is 14.8 Å². The van der Waals surface area contributed by atoms with Crippen molar-refractivity contribution in [1.82, 2.24) is 28.2 Å². The molecule has 0 spiro atoms. The van der Waals surface area contributed by atoms with E-state index in [1.165, 1.54) is 5.39 Å². The zero-order valence-electron chi connectivity index (χ0n) is 66.3. The van der Waals surface area contributed by atoms with Crippen LogP contribution in [0, 0.1) is 63.2 Å². The summed E-state index contributed by atoms with van der Waals surface area (Å²) in [5.74, 6) is 0. The highest BCUT2D eigenvalue weighted by Crippen LogP contribution is 2.51. The molecule has 0 aliphatic carbocycles. The average Bonchev–Trinajstić information content (AvgIpc) is 1.53. The number of nitriles is 5. The minimum Gasteiger partial charge on any atom is -0.309 e. The molecule has 0 N–H and O–H groups in total. The number of hydrogen-bond donors (Lipinski definition) is 0. The molecule has 12 heteroatoms. The molecule has 12 nitrogen and oxygen atoms in total. The zero-order valence-corrected chi connectivity index (χ0v) is 66.3. The van der Waals surface area contributed by atoms with Gasteiger partial charge >= 0.3 is 0 Å². The Morgan fingerprint density at radius 1 is 0.234 bits per heavy atom. The Labute approximate surface area is 713 Å². The van der Waals surface area contributed by atoms with Gasteiger partial charge in [0.2, 0.25) is 0 Å². The Morgan fingerprint density at radius 2 is 0.589 bits per heavy atom. The van der Waals surface area contributed by atoms with Gasteiger partial charge in [-0.15, -0.1) is 0 Å². The van der Waals surface area contributed by atoms with E-state index in [4.69, 9.17) is 16.5 Å². The summed E-state index contributed by atoms with van der Waals surface area (Å²) in [6.45, 7) is 8.59. The van der Waals surface area contributed by atoms with Crippen molar-refractivity contribution in [2.75, 3.05) is 0 Å². The molecule has 0 bridgehead atoms. The van der Waals surface area contributed by atoms with E-state index in [9.17, 15) is 26.3 Å². The molecule has 0 amide bonds. The molecule has 16 aromatic carbocycles. The number of hydrogen-bond acceptors (Lipinski definition) is 7. The fourth-order valence-electron chi connectivity index (χ4n) is 18.4. The predicted octanol–water partition coefficient (Wildman–Crippen LogP) is 27.8. The monoisotopic (exact) mass is 1580 g/mol. The Hall–Kier alpha value is -18.0. The Kier molecular flexibility index (Phi) is 18.3. The second-order valence-corrected chi connectivity index (χ2v) is 30.4. The van der Waals surface area contributed by atoms with Crippen LogP contribution in [0.3, 0.4) is 0 Å². The van der Waals surface area contributed by atoms with Crippen LogP contribution in [0.2, 0.25) is 0 Å². The third kappa shape index (κ3) is 12.0. The van der Waals surface area contributed by atoms with Crippen molar-refractivity contribution in [3.05, 3.63) is 427 Å². The molecule has 0 saturated heterocycles. The van der Waals surface area contributed by atoms with Crippen molar-refractivity contribution in [3.63, 3.8) is 0 Å². The van der Waals surface area contributed by atoms with Crippen LogP contribution in [-0.4, -0.2) is 28.2 Å². The van der Waals surface area contributed by atoms with E-state index in [1.807, 2.05) is 182 Å². The van der Waals surface area contributed by atoms with E-state index in [1.54, 1.807) is 0 Å². The lowest BCUT2D eigenvalue weighted by Crippen LogP contribution is -2.02. The summed E-state index contributed by atoms with van der Waals surface area (Å²) in [5, 5.41) is 62.8. The van der Waals surface area contributed by atoms with Gasteiger partial charge in [-0.2, -0.15) is 26.3 Å². The normalized spacial score (nSPS) is 11.2. The average molecular weight is 1580 g/mol. The number of para-hydroxylation sites is 8. The number of nitrogens with zero attached hydrogens (tertiary/aromatic N) is 12. The third-order valence-electron chi connectivity index (χ3n) is 23.7. The van der Waals surface area contributed by atoms with Gasteiger partial charge in [0.15, 0.2) is 5.69 Å². The molecule has 0 aliphatic heterocycles. The van der Waals surface area contributed by atoms with Crippen LogP contribution in [-0.2, 0) is 0 Å². The molecule has 22 rings (SSSR count). The molecule has 572 valence electrons. The van der Waals surface area contributed by atoms with Gasteiger partial charge < -0.3 is 18.3 Å². The van der Waals surface area contributed by atoms with Crippen molar-refractivity contribution >= 4 is 92.9 Å². The molecule has 0 fully saturated rings. The maximum atomic E-state index is 11.1. The molecule has 6 heterocycles. The van der Waals surface area contributed by atoms with Crippen LogP contribution < -0.4 is 0 Å². The summed E-state index contributed by atoms with van der Waals surface area (Å²) in [7, 11) is 0. The molecule has 124 heavy (non-hydrogen) atoms. The van der Waals surface area contributed by atoms with Crippen molar-refractivity contribution in [2.45, 2.75) is 0 Å². The van der Waals surface area contributed by atoms with E-state index >= 15 is 0 Å². The largest absolute Gasteiger partial charge is 0.309 e. The van der Waals surface area contributed by atoms with E-state index in [2.05, 4.69) is 260 Å². The first-order chi connectivity index (χ1) is 61.3. The Balaban J connectivity index is 0.000000152. The standard InChI is InChI=1S/2C56H32N6/c1-59-49-31-38(55-48(35-58)53(36-17-6-2-7-18-36)47(34-57)54(60-55)37-19-8-3-9-20-37)29-30-41(49)43-26-16-27-44-46-33-51-45(32-52(46)62(56(43)44)40-23-12-5-13-24-40)42-25-14-15-28-50(42)61(51)39-21-10-4-11-22-39;57-33-39-31-38(54-48(35-59)51(36-17-5-1-6-18-36)47(34-58)53(60-54)37-19-7-2-8-20-37)29-30-42(39)45-32-46-43-25-13-15-27-49(43)61(40-21-9-3-10-22-40)55(46)56-52(45)44-26-14-16-28-50(44)62(56)41-23-11-4-12-24-41/h2-33H;1-32H. The zero-order chi connectivity index (χ0) is 83.5. The smallest absolute Gasteiger partial charge is 0.195 e. The minimum atomic E-state index is 0.271. The predicted molar refractivity (Wildman–Crippen MR) is 499 cm³/mol. The van der Waals surface area contributed by atoms with Gasteiger partial charge in [0.25, 0.3) is 0 Å². The first-order valence-electron chi connectivity index (χ1n) is 40.6. The number of fused-ring (bicyclic) bond motifs is 13. The van der Waals surface area contributed by atoms with Crippen LogP contribution in [0.4, 0.5) is 5.69 Å². The molecule has 0 unspecified atom stereocenters. The number of rotatable bonds is 12. The van der Waals surface area contributed by atoms with E-state index in [0.717, 1.165) is 149 Å². The topological polar surface area (TPSA) is 169 Å². The highest BCUT2D eigenvalue weighted by Gasteiger charge is 2.31. The molecule has 22 aromatic rings. The summed E-state index contributed by atoms with van der Waals surface area (Å²) < 4.78 is 9.38. The van der Waals surface area contributed by atoms with Gasteiger partial charge in [0.05, 0.1) is 107 Å². The molecule has 0 radical (unpaired) electrons. The second kappa shape index (κ2) is 30.8. The number of benzene rings is 16. The van der Waals surface area contributed by atoms with Crippen LogP contribution >= 0.6 is 0 Å². The summed E-state index contributed by atoms with van der Waals surface area (Å²) in [4.78, 5) is 14.3. The maximum Gasteiger partial charge on any atom is 0.195 e. The summed E-state index contributed by atoms with van der Waals surface area (Å²) >= 11 is 0. The first kappa shape index (κ1) is 73.6. The Morgan fingerprint density at radius 3 is 1.06 bits per heavy atom. The van der Waals surface area contributed by atoms with Crippen LogP contribution in [0.15, 0.2) is 388 Å². The highest BCUT2D eigenvalue weighted by atomic mass is 15.0. The van der Waals surface area contributed by atoms with Crippen molar-refractivity contribution in [1.29, 1.82) is 26.3 Å². The fraction of sp³-hybridized carbons (Fsp3) is 0. The third-order valence-corrected chi connectivity index (χ3v) is 23.7. The number of aromatic nitrogens is 6. The summed E-state index contributed by atoms with van der Waals surface area (Å²) in [6.07, 6.45) is 0. The SMILES string of the molecule is N#Cc1cc(-c2nc(-c3ccccc3)c(C#N)c(-c3ccccc3)c2C#N)ccc1-c1cc2c3ccccc3n(-c3ccccc3)c2c2c1c1ccccc1n2-c1ccccc1.[C-]#[N+]c1cc(-c2nc(-c3ccccc3)c(C#N)c(-c3ccccc3)c2C#N)ccc1-c1cccc2c3cc4c(cc3n(-c3ccccc3)c12)c1ccccc1n4-c1ccccc1. The summed E-state index contributed by atoms with van der Waals surface area (Å²) in [5.41, 5.74) is 25.1. The second-order valence-electron chi connectivity index (χ2n) is 30.4. The summed E-state index contributed by atoms with van der Waals surface area (Å²) in [6, 6.07) is 142. The van der Waals surface area contributed by atoms with Gasteiger partial charge in [-0.3, -0.25) is 0 Å². The first-order valence-corrected chi connectivity index (χ1v) is 40.6. The minimum absolute atomic E-state index is 0.271. The fourth-order valence-corrected chi connectivity index (χ4v) is 18.4. The Bertz CT molecular complexity index is 8380. The van der Waals surface area contributed by atoms with Gasteiger partial charge in [0, 0.05) is 99.2 Å². The maximum absolute atomic E-state index is 11.1. The lowest BCUT2D eigenvalue weighted by molar-refractivity contribution is 1.15. The molecule has 6 aromatic heterocycles. The van der Waals surface area contributed by atoms with E-state index < -0.39 is 0 Å². The van der Waals surface area contributed by atoms with Gasteiger partial charge in [-0.05, 0) is 130 Å². The van der Waals surface area contributed by atoms with Crippen LogP contribution in [0.25, 0.3) is 204 Å². The number of pyridine rings is 2. The lowest BCUT2D eigenvalue weighted by atomic mass is 9.88. The van der Waals surface area contributed by atoms with Crippen molar-refractivity contribution in [3.8, 4) is 143 Å². The molecule has 0 atom stereocenters. The highest BCUT2D eigenvalue weighted by molar-refractivity contribution is 6.29. The van der Waals surface area contributed by atoms with Crippen molar-refractivity contribution < 1.29 is 0 Å². The molecule has 0 aliphatic rings. The quantitative estimate of drug-likeness (QED) is 0.110. The molecular formula is C112H64N12. The van der Waals surface area contributed by atoms with E-state index in [0.29, 0.717) is 67.4 Å². The van der Waals surface area contributed by atoms with E-state index in [-0.39, 0.29) is 11.1 Å². The lowest BCUT2D eigenvalue weighted by Gasteiger charge is -2.17. The van der Waals surface area contributed by atoms with Crippen molar-refractivity contribution in [2.24, 2.45) is 0 Å². The molecule has 0 saturated carbocycles. The van der Waals surface area contributed by atoms with Crippen LogP contribution in [0.5, 0.6) is 0 Å². The van der Waals surface area contributed by atoms with Gasteiger partial charge in [-0.1, -0.05) is 291 Å². The molecular weight excluding hydrogens is 1510 g/mol. The van der Waals surface area contributed by atoms with Crippen LogP contribution in [0.1, 0.15) is 27.8 Å². The van der Waals surface area contributed by atoms with Gasteiger partial charge in [0.1, 0.15) is 24.3 Å².